The number of hydrogen-bond acceptors (Lipinski definition) is 2. The molecule has 2 rings (SSSR count). The van der Waals surface area contributed by atoms with Crippen LogP contribution >= 0.6 is 11.6 Å². The maximum Gasteiger partial charge on any atom is 0.199 e. The average Bonchev–Trinajstić information content (AvgIpc) is 2.38. The van der Waals surface area contributed by atoms with Crippen molar-refractivity contribution in [1.82, 2.24) is 0 Å². The van der Waals surface area contributed by atoms with Crippen molar-refractivity contribution in [3.63, 3.8) is 0 Å². The van der Waals surface area contributed by atoms with E-state index in [4.69, 9.17) is 11.6 Å². The van der Waals surface area contributed by atoms with E-state index in [1.165, 1.54) is 18.2 Å². The van der Waals surface area contributed by atoms with Gasteiger partial charge in [-0.25, -0.2) is 12.8 Å². The van der Waals surface area contributed by atoms with E-state index in [-0.39, 0.29) is 4.90 Å². The SMILES string of the molecule is O=S(=O)(/C=C/c1ccccc1Cl)c1ccc(F)cc1. The van der Waals surface area contributed by atoms with Crippen molar-refractivity contribution in [2.24, 2.45) is 0 Å². The molecule has 0 bridgehead atoms. The average molecular weight is 297 g/mol. The number of rotatable bonds is 3. The minimum absolute atomic E-state index is 0.0391. The molecule has 0 aliphatic heterocycles. The first-order valence-electron chi connectivity index (χ1n) is 5.42. The Morgan fingerprint density at radius 1 is 1.00 bits per heavy atom. The normalized spacial score (nSPS) is 11.9. The summed E-state index contributed by atoms with van der Waals surface area (Å²) in [6.45, 7) is 0. The Labute approximate surface area is 116 Å². The molecule has 5 heteroatoms. The maximum atomic E-state index is 12.7. The summed E-state index contributed by atoms with van der Waals surface area (Å²) >= 11 is 5.92. The van der Waals surface area contributed by atoms with Crippen LogP contribution in [0.1, 0.15) is 5.56 Å². The number of sulfone groups is 1. The van der Waals surface area contributed by atoms with E-state index in [0.717, 1.165) is 17.5 Å². The molecule has 98 valence electrons. The van der Waals surface area contributed by atoms with Gasteiger partial charge in [0.2, 0.25) is 0 Å². The molecule has 0 N–H and O–H groups in total. The molecule has 0 aromatic heterocycles. The number of halogens is 2. The smallest absolute Gasteiger partial charge is 0.199 e. The Morgan fingerprint density at radius 3 is 2.26 bits per heavy atom. The monoisotopic (exact) mass is 296 g/mol. The first-order chi connectivity index (χ1) is 8.99. The van der Waals surface area contributed by atoms with Gasteiger partial charge in [-0.15, -0.1) is 0 Å². The summed E-state index contributed by atoms with van der Waals surface area (Å²) in [7, 11) is -3.60. The Morgan fingerprint density at radius 2 is 1.63 bits per heavy atom. The van der Waals surface area contributed by atoms with Crippen molar-refractivity contribution in [1.29, 1.82) is 0 Å². The van der Waals surface area contributed by atoms with E-state index in [1.807, 2.05) is 0 Å². The third-order valence-corrected chi connectivity index (χ3v) is 4.24. The molecule has 0 atom stereocenters. The molecule has 0 saturated heterocycles. The van der Waals surface area contributed by atoms with E-state index < -0.39 is 15.7 Å². The molecule has 2 aromatic rings. The van der Waals surface area contributed by atoms with Gasteiger partial charge >= 0.3 is 0 Å². The molecule has 0 amide bonds. The summed E-state index contributed by atoms with van der Waals surface area (Å²) in [5.74, 6) is -0.478. The van der Waals surface area contributed by atoms with Crippen LogP contribution in [0.4, 0.5) is 4.39 Å². The van der Waals surface area contributed by atoms with Crippen LogP contribution in [0, 0.1) is 5.82 Å². The zero-order chi connectivity index (χ0) is 13.9. The lowest BCUT2D eigenvalue weighted by Crippen LogP contribution is -1.96. The van der Waals surface area contributed by atoms with Gasteiger partial charge in [0.15, 0.2) is 9.84 Å². The summed E-state index contributed by atoms with van der Waals surface area (Å²) in [5.41, 5.74) is 0.606. The van der Waals surface area contributed by atoms with Crippen LogP contribution in [0.5, 0.6) is 0 Å². The van der Waals surface area contributed by atoms with Gasteiger partial charge in [-0.05, 0) is 42.0 Å². The Bertz CT molecular complexity index is 706. The molecule has 0 spiro atoms. The van der Waals surface area contributed by atoms with Crippen LogP contribution in [0.2, 0.25) is 5.02 Å². The molecule has 0 unspecified atom stereocenters. The summed E-state index contributed by atoms with van der Waals surface area (Å²) in [4.78, 5) is 0.0391. The Balaban J connectivity index is 2.32. The lowest BCUT2D eigenvalue weighted by molar-refractivity contribution is 0.603. The van der Waals surface area contributed by atoms with E-state index >= 15 is 0 Å². The largest absolute Gasteiger partial charge is 0.219 e. The standard InChI is InChI=1S/C14H10ClFO2S/c15-14-4-2-1-3-11(14)9-10-19(17,18)13-7-5-12(16)6-8-13/h1-10H/b10-9+. The fourth-order valence-electron chi connectivity index (χ4n) is 1.48. The van der Waals surface area contributed by atoms with Crippen LogP contribution in [-0.4, -0.2) is 8.42 Å². The summed E-state index contributed by atoms with van der Waals surface area (Å²) in [5, 5.41) is 1.52. The fourth-order valence-corrected chi connectivity index (χ4v) is 2.67. The minimum Gasteiger partial charge on any atom is -0.219 e. The molecule has 0 heterocycles. The van der Waals surface area contributed by atoms with Crippen LogP contribution in [-0.2, 0) is 9.84 Å². The number of hydrogen-bond donors (Lipinski definition) is 0. The zero-order valence-corrected chi connectivity index (χ0v) is 11.3. The molecule has 2 nitrogen and oxygen atoms in total. The van der Waals surface area contributed by atoms with Crippen molar-refractivity contribution in [3.8, 4) is 0 Å². The van der Waals surface area contributed by atoms with Gasteiger partial charge in [-0.3, -0.25) is 0 Å². The fraction of sp³-hybridized carbons (Fsp3) is 0. The van der Waals surface area contributed by atoms with Crippen molar-refractivity contribution in [3.05, 3.63) is 70.3 Å². The highest BCUT2D eigenvalue weighted by atomic mass is 35.5. The zero-order valence-electron chi connectivity index (χ0n) is 9.75. The molecule has 0 aliphatic carbocycles. The Kier molecular flexibility index (Phi) is 4.02. The second kappa shape index (κ2) is 5.55. The van der Waals surface area contributed by atoms with Gasteiger partial charge in [0.25, 0.3) is 0 Å². The quantitative estimate of drug-likeness (QED) is 0.804. The van der Waals surface area contributed by atoms with E-state index in [1.54, 1.807) is 24.3 Å². The van der Waals surface area contributed by atoms with Gasteiger partial charge < -0.3 is 0 Å². The highest BCUT2D eigenvalue weighted by Crippen LogP contribution is 2.19. The van der Waals surface area contributed by atoms with Crippen LogP contribution < -0.4 is 0 Å². The first kappa shape index (κ1) is 13.8. The summed E-state index contributed by atoms with van der Waals surface area (Å²) in [6.07, 6.45) is 1.42. The first-order valence-corrected chi connectivity index (χ1v) is 7.35. The Hall–Kier alpha value is -1.65. The molecule has 0 radical (unpaired) electrons. The molecule has 0 aliphatic rings. The summed E-state index contributed by atoms with van der Waals surface area (Å²) in [6, 6.07) is 11.6. The third-order valence-electron chi connectivity index (χ3n) is 2.47. The molecule has 0 saturated carbocycles. The second-order valence-electron chi connectivity index (χ2n) is 3.82. The molecule has 2 aromatic carbocycles. The maximum absolute atomic E-state index is 12.7. The highest BCUT2D eigenvalue weighted by Gasteiger charge is 2.10. The van der Waals surface area contributed by atoms with Crippen molar-refractivity contribution in [2.45, 2.75) is 4.90 Å². The highest BCUT2D eigenvalue weighted by molar-refractivity contribution is 7.94. The molecular weight excluding hydrogens is 287 g/mol. The van der Waals surface area contributed by atoms with E-state index in [0.29, 0.717) is 10.6 Å². The lowest BCUT2D eigenvalue weighted by atomic mass is 10.2. The van der Waals surface area contributed by atoms with Gasteiger partial charge in [0.1, 0.15) is 5.82 Å². The van der Waals surface area contributed by atoms with Crippen molar-refractivity contribution < 1.29 is 12.8 Å². The molecule has 0 fully saturated rings. The van der Waals surface area contributed by atoms with Gasteiger partial charge in [0, 0.05) is 10.4 Å². The van der Waals surface area contributed by atoms with E-state index in [9.17, 15) is 12.8 Å². The minimum atomic E-state index is -3.60. The van der Waals surface area contributed by atoms with Crippen LogP contribution in [0.15, 0.2) is 58.8 Å². The van der Waals surface area contributed by atoms with Gasteiger partial charge in [0.05, 0.1) is 4.90 Å². The lowest BCUT2D eigenvalue weighted by Gasteiger charge is -2.00. The molecule has 19 heavy (non-hydrogen) atoms. The van der Waals surface area contributed by atoms with Crippen LogP contribution in [0.3, 0.4) is 0 Å². The van der Waals surface area contributed by atoms with Gasteiger partial charge in [-0.1, -0.05) is 29.8 Å². The third kappa shape index (κ3) is 3.43. The van der Waals surface area contributed by atoms with Gasteiger partial charge in [-0.2, -0.15) is 0 Å². The summed E-state index contributed by atoms with van der Waals surface area (Å²) < 4.78 is 36.7. The predicted molar refractivity (Wildman–Crippen MR) is 74.1 cm³/mol. The predicted octanol–water partition coefficient (Wildman–Crippen LogP) is 3.92. The molecular formula is C14H10ClFO2S. The van der Waals surface area contributed by atoms with E-state index in [2.05, 4.69) is 0 Å². The second-order valence-corrected chi connectivity index (χ2v) is 6.06. The topological polar surface area (TPSA) is 34.1 Å². The van der Waals surface area contributed by atoms with Crippen molar-refractivity contribution in [2.75, 3.05) is 0 Å². The number of benzene rings is 2. The van der Waals surface area contributed by atoms with Crippen molar-refractivity contribution >= 4 is 27.5 Å². The van der Waals surface area contributed by atoms with Crippen LogP contribution in [0.25, 0.3) is 6.08 Å².